The number of hydrogen-bond acceptors (Lipinski definition) is 4. The van der Waals surface area contributed by atoms with Gasteiger partial charge in [0.25, 0.3) is 11.8 Å². The molecule has 0 heterocycles. The van der Waals surface area contributed by atoms with Crippen molar-refractivity contribution in [1.29, 1.82) is 0 Å². The summed E-state index contributed by atoms with van der Waals surface area (Å²) < 4.78 is 7.11. The third-order valence-corrected chi connectivity index (χ3v) is 5.33. The molecule has 1 fully saturated rings. The topological polar surface area (TPSA) is 96.5 Å². The smallest absolute Gasteiger partial charge is 0.276 e. The fourth-order valence-electron chi connectivity index (χ4n) is 2.91. The first kappa shape index (κ1) is 21.7. The molecule has 148 valence electrons. The maximum Gasteiger partial charge on any atom is 0.276 e. The molecule has 0 radical (unpaired) electrons. The number of amides is 3. The summed E-state index contributed by atoms with van der Waals surface area (Å²) in [7, 11) is 0. The standard InChI is InChI=1S/C18H23Br2N3O4/c1-11-7-13(19)8-14(20)17(11)27-10-16(25)23-22-15(24)9-21-18(26)12-5-3-2-4-6-12/h7-8,12H,2-6,9-10H2,1H3,(H,21,26)(H,22,24)(H,23,25). The van der Waals surface area contributed by atoms with Crippen molar-refractivity contribution in [3.63, 3.8) is 0 Å². The van der Waals surface area contributed by atoms with E-state index in [1.807, 2.05) is 19.1 Å². The molecule has 0 unspecified atom stereocenters. The molecule has 1 aromatic rings. The van der Waals surface area contributed by atoms with E-state index in [1.54, 1.807) is 0 Å². The number of benzene rings is 1. The third-order valence-electron chi connectivity index (χ3n) is 4.28. The van der Waals surface area contributed by atoms with Crippen molar-refractivity contribution in [3.8, 4) is 5.75 Å². The zero-order valence-electron chi connectivity index (χ0n) is 15.1. The number of carbonyl (C=O) groups excluding carboxylic acids is 3. The third kappa shape index (κ3) is 7.14. The molecule has 0 aliphatic heterocycles. The first-order valence-electron chi connectivity index (χ1n) is 8.80. The molecule has 1 aliphatic carbocycles. The Labute approximate surface area is 175 Å². The monoisotopic (exact) mass is 503 g/mol. The molecule has 9 heteroatoms. The summed E-state index contributed by atoms with van der Waals surface area (Å²) in [6, 6.07) is 3.69. The van der Waals surface area contributed by atoms with Crippen molar-refractivity contribution in [1.82, 2.24) is 16.2 Å². The van der Waals surface area contributed by atoms with E-state index in [0.717, 1.165) is 46.6 Å². The zero-order valence-corrected chi connectivity index (χ0v) is 18.2. The van der Waals surface area contributed by atoms with Crippen molar-refractivity contribution in [2.45, 2.75) is 39.0 Å². The predicted molar refractivity (Wildman–Crippen MR) is 108 cm³/mol. The number of hydrogen-bond donors (Lipinski definition) is 3. The van der Waals surface area contributed by atoms with Gasteiger partial charge in [0.2, 0.25) is 5.91 Å². The van der Waals surface area contributed by atoms with Crippen molar-refractivity contribution >= 4 is 49.6 Å². The van der Waals surface area contributed by atoms with Gasteiger partial charge in [-0.1, -0.05) is 35.2 Å². The van der Waals surface area contributed by atoms with Crippen LogP contribution in [0.15, 0.2) is 21.1 Å². The van der Waals surface area contributed by atoms with E-state index in [0.29, 0.717) is 5.75 Å². The van der Waals surface area contributed by atoms with Crippen LogP contribution < -0.4 is 20.9 Å². The number of rotatable bonds is 6. The summed E-state index contributed by atoms with van der Waals surface area (Å²) in [5.74, 6) is -0.554. The largest absolute Gasteiger partial charge is 0.482 e. The Balaban J connectivity index is 1.67. The zero-order chi connectivity index (χ0) is 19.8. The van der Waals surface area contributed by atoms with E-state index >= 15 is 0 Å². The van der Waals surface area contributed by atoms with Crippen molar-refractivity contribution < 1.29 is 19.1 Å². The Morgan fingerprint density at radius 3 is 2.41 bits per heavy atom. The lowest BCUT2D eigenvalue weighted by atomic mass is 9.89. The van der Waals surface area contributed by atoms with Crippen LogP contribution in [0.4, 0.5) is 0 Å². The summed E-state index contributed by atoms with van der Waals surface area (Å²) in [4.78, 5) is 35.6. The predicted octanol–water partition coefficient (Wildman–Crippen LogP) is 2.74. The maximum atomic E-state index is 12.0. The lowest BCUT2D eigenvalue weighted by molar-refractivity contribution is -0.131. The summed E-state index contributed by atoms with van der Waals surface area (Å²) in [5, 5.41) is 2.61. The molecule has 3 N–H and O–H groups in total. The van der Waals surface area contributed by atoms with Crippen molar-refractivity contribution in [2.75, 3.05) is 13.2 Å². The SMILES string of the molecule is Cc1cc(Br)cc(Br)c1OCC(=O)NNC(=O)CNC(=O)C1CCCCC1. The highest BCUT2D eigenvalue weighted by atomic mass is 79.9. The molecule has 3 amide bonds. The molecule has 1 saturated carbocycles. The molecule has 0 saturated heterocycles. The molecular formula is C18H23Br2N3O4. The van der Waals surface area contributed by atoms with E-state index in [2.05, 4.69) is 48.0 Å². The van der Waals surface area contributed by atoms with Gasteiger partial charge < -0.3 is 10.1 Å². The minimum atomic E-state index is -0.504. The van der Waals surface area contributed by atoms with Gasteiger partial charge in [-0.2, -0.15) is 0 Å². The fraction of sp³-hybridized carbons (Fsp3) is 0.500. The molecule has 2 rings (SSSR count). The van der Waals surface area contributed by atoms with Gasteiger partial charge in [0.1, 0.15) is 5.75 Å². The van der Waals surface area contributed by atoms with E-state index in [4.69, 9.17) is 4.74 Å². The molecule has 1 aliphatic rings. The van der Waals surface area contributed by atoms with Crippen LogP contribution in [-0.2, 0) is 14.4 Å². The van der Waals surface area contributed by atoms with Gasteiger partial charge in [-0.3, -0.25) is 25.2 Å². The van der Waals surface area contributed by atoms with E-state index < -0.39 is 11.8 Å². The van der Waals surface area contributed by atoms with Crippen LogP contribution in [0.25, 0.3) is 0 Å². The normalized spacial score (nSPS) is 14.3. The molecule has 0 aromatic heterocycles. The van der Waals surface area contributed by atoms with Crippen LogP contribution in [0.3, 0.4) is 0 Å². The molecule has 7 nitrogen and oxygen atoms in total. The molecule has 1 aromatic carbocycles. The van der Waals surface area contributed by atoms with Crippen molar-refractivity contribution in [3.05, 3.63) is 26.6 Å². The van der Waals surface area contributed by atoms with Crippen LogP contribution in [0.2, 0.25) is 0 Å². The first-order chi connectivity index (χ1) is 12.9. The van der Waals surface area contributed by atoms with Gasteiger partial charge in [0.05, 0.1) is 11.0 Å². The average molecular weight is 505 g/mol. The number of carbonyl (C=O) groups is 3. The Hall–Kier alpha value is -1.61. The molecule has 0 atom stereocenters. The fourth-order valence-corrected chi connectivity index (χ4v) is 4.46. The second kappa shape index (κ2) is 10.7. The molecule has 27 heavy (non-hydrogen) atoms. The first-order valence-corrected chi connectivity index (χ1v) is 10.4. The Bertz CT molecular complexity index is 683. The molecule has 0 bridgehead atoms. The maximum absolute atomic E-state index is 12.0. The summed E-state index contributed by atoms with van der Waals surface area (Å²) >= 11 is 6.76. The highest BCUT2D eigenvalue weighted by molar-refractivity contribution is 9.11. The van der Waals surface area contributed by atoms with Crippen LogP contribution >= 0.6 is 31.9 Å². The van der Waals surface area contributed by atoms with Crippen LogP contribution in [0.1, 0.15) is 37.7 Å². The Kier molecular flexibility index (Phi) is 8.56. The Morgan fingerprint density at radius 2 is 1.74 bits per heavy atom. The second-order valence-electron chi connectivity index (χ2n) is 6.47. The summed E-state index contributed by atoms with van der Waals surface area (Å²) in [5.41, 5.74) is 5.39. The Morgan fingerprint density at radius 1 is 1.07 bits per heavy atom. The van der Waals surface area contributed by atoms with Crippen molar-refractivity contribution in [2.24, 2.45) is 5.92 Å². The average Bonchev–Trinajstić information content (AvgIpc) is 2.64. The minimum absolute atomic E-state index is 0.0119. The van der Waals surface area contributed by atoms with Crippen LogP contribution in [-0.4, -0.2) is 30.9 Å². The van der Waals surface area contributed by atoms with Crippen LogP contribution in [0, 0.1) is 12.8 Å². The highest BCUT2D eigenvalue weighted by Crippen LogP contribution is 2.32. The highest BCUT2D eigenvalue weighted by Gasteiger charge is 2.21. The number of nitrogens with one attached hydrogen (secondary N) is 3. The van der Waals surface area contributed by atoms with Crippen LogP contribution in [0.5, 0.6) is 5.75 Å². The summed E-state index contributed by atoms with van der Waals surface area (Å²) in [6.45, 7) is 1.43. The molecular weight excluding hydrogens is 482 g/mol. The number of aryl methyl sites for hydroxylation is 1. The van der Waals surface area contributed by atoms with Gasteiger partial charge in [-0.15, -0.1) is 0 Å². The molecule has 0 spiro atoms. The number of ether oxygens (including phenoxy) is 1. The van der Waals surface area contributed by atoms with Gasteiger partial charge in [0, 0.05) is 10.4 Å². The minimum Gasteiger partial charge on any atom is -0.482 e. The lowest BCUT2D eigenvalue weighted by Gasteiger charge is -2.20. The number of halogens is 2. The van der Waals surface area contributed by atoms with Gasteiger partial charge >= 0.3 is 0 Å². The van der Waals surface area contributed by atoms with E-state index in [9.17, 15) is 14.4 Å². The lowest BCUT2D eigenvalue weighted by Crippen LogP contribution is -2.48. The van der Waals surface area contributed by atoms with Gasteiger partial charge in [0.15, 0.2) is 6.61 Å². The quantitative estimate of drug-likeness (QED) is 0.519. The second-order valence-corrected chi connectivity index (χ2v) is 8.24. The van der Waals surface area contributed by atoms with E-state index in [1.165, 1.54) is 0 Å². The van der Waals surface area contributed by atoms with Gasteiger partial charge in [-0.05, 0) is 53.4 Å². The summed E-state index contributed by atoms with van der Waals surface area (Å²) in [6.07, 6.45) is 5.00. The van der Waals surface area contributed by atoms with Gasteiger partial charge in [-0.25, -0.2) is 0 Å². The number of hydrazine groups is 1. The van der Waals surface area contributed by atoms with E-state index in [-0.39, 0.29) is 25.0 Å².